The van der Waals surface area contributed by atoms with Crippen molar-refractivity contribution in [3.8, 4) is 0 Å². The maximum Gasteiger partial charge on any atom is 0.214 e. The van der Waals surface area contributed by atoms with Crippen molar-refractivity contribution in [2.75, 3.05) is 18.8 Å². The molecule has 1 atom stereocenters. The fraction of sp³-hybridized carbons (Fsp3) is 0.429. The lowest BCUT2D eigenvalue weighted by molar-refractivity contribution is 0.428. The number of sulfonamides is 1. The molecule has 0 bridgehead atoms. The van der Waals surface area contributed by atoms with E-state index in [0.29, 0.717) is 19.5 Å². The zero-order valence-corrected chi connectivity index (χ0v) is 12.5. The molecule has 21 heavy (non-hydrogen) atoms. The second kappa shape index (κ2) is 5.95. The van der Waals surface area contributed by atoms with E-state index < -0.39 is 10.0 Å². The lowest BCUT2D eigenvalue weighted by Crippen LogP contribution is -2.32. The molecule has 1 unspecified atom stereocenters. The fourth-order valence-corrected chi connectivity index (χ4v) is 4.15. The van der Waals surface area contributed by atoms with Gasteiger partial charge in [-0.05, 0) is 18.4 Å². The Kier molecular flexibility index (Phi) is 4.03. The Balaban J connectivity index is 1.61. The smallest absolute Gasteiger partial charge is 0.214 e. The van der Waals surface area contributed by atoms with Gasteiger partial charge in [-0.15, -0.1) is 5.10 Å². The molecule has 1 fully saturated rings. The Hall–Kier alpha value is -1.73. The van der Waals surface area contributed by atoms with Crippen LogP contribution in [0.2, 0.25) is 0 Å². The highest BCUT2D eigenvalue weighted by molar-refractivity contribution is 7.89. The number of hydrogen-bond donors (Lipinski definition) is 0. The summed E-state index contributed by atoms with van der Waals surface area (Å²) in [4.78, 5) is 0. The van der Waals surface area contributed by atoms with Gasteiger partial charge in [0.1, 0.15) is 0 Å². The van der Waals surface area contributed by atoms with E-state index in [1.807, 2.05) is 30.3 Å². The third-order valence-corrected chi connectivity index (χ3v) is 5.66. The molecule has 0 aliphatic carbocycles. The summed E-state index contributed by atoms with van der Waals surface area (Å²) in [5, 5.41) is 7.73. The predicted molar refractivity (Wildman–Crippen MR) is 79.2 cm³/mol. The minimum absolute atomic E-state index is 0.0963. The van der Waals surface area contributed by atoms with Crippen molar-refractivity contribution < 1.29 is 8.42 Å². The molecule has 0 saturated carbocycles. The van der Waals surface area contributed by atoms with Gasteiger partial charge in [0, 0.05) is 19.3 Å². The fourth-order valence-electron chi connectivity index (χ4n) is 2.61. The molecule has 7 heteroatoms. The van der Waals surface area contributed by atoms with Crippen LogP contribution in [0.5, 0.6) is 0 Å². The van der Waals surface area contributed by atoms with Crippen molar-refractivity contribution in [2.45, 2.75) is 18.9 Å². The number of benzene rings is 1. The first kappa shape index (κ1) is 14.2. The number of aromatic nitrogens is 3. The van der Waals surface area contributed by atoms with Crippen molar-refractivity contribution >= 4 is 10.0 Å². The molecule has 0 radical (unpaired) electrons. The Morgan fingerprint density at radius 3 is 2.76 bits per heavy atom. The van der Waals surface area contributed by atoms with Crippen LogP contribution in [0.3, 0.4) is 0 Å². The van der Waals surface area contributed by atoms with Gasteiger partial charge in [0.2, 0.25) is 10.0 Å². The highest BCUT2D eigenvalue weighted by Gasteiger charge is 2.32. The minimum atomic E-state index is -3.21. The van der Waals surface area contributed by atoms with Crippen molar-refractivity contribution in [1.29, 1.82) is 0 Å². The molecule has 2 aromatic rings. The summed E-state index contributed by atoms with van der Waals surface area (Å²) in [6.07, 6.45) is 4.74. The molecule has 1 aliphatic rings. The van der Waals surface area contributed by atoms with E-state index in [-0.39, 0.29) is 11.8 Å². The summed E-state index contributed by atoms with van der Waals surface area (Å²) in [6.45, 7) is 1.04. The third kappa shape index (κ3) is 3.30. The standard InChI is InChI=1S/C14H18N4O2S/c19-21(20,11-7-13-4-2-1-3-5-13)17-9-6-14(12-17)18-10-8-15-16-18/h1-5,8,10,14H,6-7,9,11-12H2. The van der Waals surface area contributed by atoms with Gasteiger partial charge in [-0.2, -0.15) is 4.31 Å². The number of nitrogens with zero attached hydrogens (tertiary/aromatic N) is 4. The van der Waals surface area contributed by atoms with Crippen LogP contribution in [0.1, 0.15) is 18.0 Å². The quantitative estimate of drug-likeness (QED) is 0.829. The summed E-state index contributed by atoms with van der Waals surface area (Å²) in [7, 11) is -3.21. The first-order valence-electron chi connectivity index (χ1n) is 7.03. The van der Waals surface area contributed by atoms with Crippen LogP contribution >= 0.6 is 0 Å². The highest BCUT2D eigenvalue weighted by atomic mass is 32.2. The van der Waals surface area contributed by atoms with E-state index >= 15 is 0 Å². The molecule has 1 saturated heterocycles. The molecular formula is C14H18N4O2S. The van der Waals surface area contributed by atoms with E-state index in [0.717, 1.165) is 12.0 Å². The van der Waals surface area contributed by atoms with Gasteiger partial charge in [0.15, 0.2) is 0 Å². The SMILES string of the molecule is O=S(=O)(CCc1ccccc1)N1CCC(n2ccnn2)C1. The molecule has 0 spiro atoms. The molecular weight excluding hydrogens is 288 g/mol. The zero-order chi connectivity index (χ0) is 14.7. The van der Waals surface area contributed by atoms with Crippen molar-refractivity contribution in [2.24, 2.45) is 0 Å². The summed E-state index contributed by atoms with van der Waals surface area (Å²) in [5.41, 5.74) is 1.05. The van der Waals surface area contributed by atoms with Crippen molar-refractivity contribution in [3.05, 3.63) is 48.3 Å². The number of aryl methyl sites for hydroxylation is 1. The molecule has 1 aliphatic heterocycles. The normalized spacial score (nSPS) is 19.9. The van der Waals surface area contributed by atoms with Crippen LogP contribution in [0, 0.1) is 0 Å². The van der Waals surface area contributed by atoms with Crippen LogP contribution in [-0.4, -0.2) is 46.6 Å². The first-order valence-corrected chi connectivity index (χ1v) is 8.63. The average Bonchev–Trinajstić information content (AvgIpc) is 3.17. The summed E-state index contributed by atoms with van der Waals surface area (Å²) < 4.78 is 28.1. The van der Waals surface area contributed by atoms with Crippen LogP contribution in [0.4, 0.5) is 0 Å². The average molecular weight is 306 g/mol. The molecule has 2 heterocycles. The first-order chi connectivity index (χ1) is 10.1. The molecule has 1 aromatic carbocycles. The van der Waals surface area contributed by atoms with E-state index in [1.165, 1.54) is 0 Å². The Morgan fingerprint density at radius 1 is 1.24 bits per heavy atom. The van der Waals surface area contributed by atoms with Gasteiger partial charge in [-0.1, -0.05) is 35.5 Å². The molecule has 6 nitrogen and oxygen atoms in total. The molecule has 3 rings (SSSR count). The van der Waals surface area contributed by atoms with Gasteiger partial charge in [0.25, 0.3) is 0 Å². The van der Waals surface area contributed by atoms with Crippen molar-refractivity contribution in [3.63, 3.8) is 0 Å². The van der Waals surface area contributed by atoms with Gasteiger partial charge in [-0.3, -0.25) is 0 Å². The largest absolute Gasteiger partial charge is 0.248 e. The van der Waals surface area contributed by atoms with E-state index in [1.54, 1.807) is 21.4 Å². The summed E-state index contributed by atoms with van der Waals surface area (Å²) >= 11 is 0. The van der Waals surface area contributed by atoms with Crippen LogP contribution < -0.4 is 0 Å². The molecule has 1 aromatic heterocycles. The Bertz CT molecular complexity index is 670. The third-order valence-electron chi connectivity index (χ3n) is 3.83. The van der Waals surface area contributed by atoms with Crippen LogP contribution in [0.25, 0.3) is 0 Å². The maximum absolute atomic E-state index is 12.4. The monoisotopic (exact) mass is 306 g/mol. The lowest BCUT2D eigenvalue weighted by Gasteiger charge is -2.16. The van der Waals surface area contributed by atoms with Crippen molar-refractivity contribution in [1.82, 2.24) is 19.3 Å². The summed E-state index contributed by atoms with van der Waals surface area (Å²) in [6, 6.07) is 9.80. The highest BCUT2D eigenvalue weighted by Crippen LogP contribution is 2.23. The van der Waals surface area contributed by atoms with Crippen LogP contribution in [-0.2, 0) is 16.4 Å². The lowest BCUT2D eigenvalue weighted by atomic mass is 10.2. The van der Waals surface area contributed by atoms with Crippen LogP contribution in [0.15, 0.2) is 42.7 Å². The number of rotatable bonds is 5. The van der Waals surface area contributed by atoms with Gasteiger partial charge >= 0.3 is 0 Å². The Labute approximate surface area is 124 Å². The van der Waals surface area contributed by atoms with E-state index in [9.17, 15) is 8.42 Å². The minimum Gasteiger partial charge on any atom is -0.248 e. The molecule has 0 amide bonds. The molecule has 0 N–H and O–H groups in total. The summed E-state index contributed by atoms with van der Waals surface area (Å²) in [5.74, 6) is 0.154. The van der Waals surface area contributed by atoms with E-state index in [4.69, 9.17) is 0 Å². The molecule has 112 valence electrons. The second-order valence-electron chi connectivity index (χ2n) is 5.24. The zero-order valence-electron chi connectivity index (χ0n) is 11.7. The topological polar surface area (TPSA) is 68.1 Å². The van der Waals surface area contributed by atoms with Gasteiger partial charge in [-0.25, -0.2) is 13.1 Å². The number of hydrogen-bond acceptors (Lipinski definition) is 4. The second-order valence-corrected chi connectivity index (χ2v) is 7.32. The van der Waals surface area contributed by atoms with E-state index in [2.05, 4.69) is 10.3 Å². The predicted octanol–water partition coefficient (Wildman–Crippen LogP) is 1.10. The van der Waals surface area contributed by atoms with Gasteiger partial charge < -0.3 is 0 Å². The maximum atomic E-state index is 12.4. The van der Waals surface area contributed by atoms with Gasteiger partial charge in [0.05, 0.1) is 18.0 Å². The Morgan fingerprint density at radius 2 is 2.05 bits per heavy atom.